The van der Waals surface area contributed by atoms with Gasteiger partial charge in [0, 0.05) is 36.1 Å². The van der Waals surface area contributed by atoms with Crippen molar-refractivity contribution in [3.63, 3.8) is 0 Å². The number of hydrogen-bond donors (Lipinski definition) is 4. The van der Waals surface area contributed by atoms with Crippen LogP contribution >= 0.6 is 0 Å². The van der Waals surface area contributed by atoms with E-state index >= 15 is 0 Å². The molecule has 1 saturated carbocycles. The standard InChI is InChI=1S/C27H30N6O4/c1-16-6-9-18(14-22(16)37-2)31-25(34)17-7-10-19(11-8-17)33-21-5-3-4-20(24(21)32-27(33)36)26(35)30-15-23-28-12-13-29-23/h3-6,9,12-14,17,19H,7-8,10-11,15H2,1-2H3,(H,28,29)(H,30,35)(H,31,34)(H,32,36)/t17-,19+. The Morgan fingerprint density at radius 3 is 2.70 bits per heavy atom. The van der Waals surface area contributed by atoms with E-state index in [1.165, 1.54) is 0 Å². The van der Waals surface area contributed by atoms with Crippen molar-refractivity contribution in [2.45, 2.75) is 45.2 Å². The van der Waals surface area contributed by atoms with E-state index in [4.69, 9.17) is 4.74 Å². The molecule has 2 heterocycles. The lowest BCUT2D eigenvalue weighted by Gasteiger charge is -2.28. The van der Waals surface area contributed by atoms with Crippen LogP contribution in [0.1, 0.15) is 53.5 Å². The van der Waals surface area contributed by atoms with Gasteiger partial charge in [-0.05, 0) is 56.4 Å². The van der Waals surface area contributed by atoms with Gasteiger partial charge in [-0.15, -0.1) is 0 Å². The summed E-state index contributed by atoms with van der Waals surface area (Å²) in [6, 6.07) is 10.9. The Morgan fingerprint density at radius 1 is 1.16 bits per heavy atom. The number of hydrogen-bond acceptors (Lipinski definition) is 5. The van der Waals surface area contributed by atoms with Gasteiger partial charge in [0.25, 0.3) is 5.91 Å². The molecule has 192 valence electrons. The molecule has 4 N–H and O–H groups in total. The van der Waals surface area contributed by atoms with Crippen LogP contribution < -0.4 is 21.1 Å². The largest absolute Gasteiger partial charge is 0.496 e. The van der Waals surface area contributed by atoms with Gasteiger partial charge in [-0.2, -0.15) is 0 Å². The number of aromatic amines is 2. The van der Waals surface area contributed by atoms with Crippen LogP contribution in [-0.4, -0.2) is 38.4 Å². The number of carbonyl (C=O) groups is 2. The Bertz CT molecular complexity index is 1480. The Kier molecular flexibility index (Phi) is 6.80. The molecule has 0 atom stereocenters. The Morgan fingerprint density at radius 2 is 1.97 bits per heavy atom. The van der Waals surface area contributed by atoms with Crippen molar-refractivity contribution in [2.75, 3.05) is 12.4 Å². The lowest BCUT2D eigenvalue weighted by atomic mass is 9.85. The van der Waals surface area contributed by atoms with Crippen molar-refractivity contribution < 1.29 is 14.3 Å². The topological polar surface area (TPSA) is 134 Å². The minimum absolute atomic E-state index is 0.0221. The number of benzene rings is 2. The minimum Gasteiger partial charge on any atom is -0.496 e. The van der Waals surface area contributed by atoms with Crippen LogP contribution in [0.5, 0.6) is 5.75 Å². The Balaban J connectivity index is 1.27. The monoisotopic (exact) mass is 502 g/mol. The molecule has 10 nitrogen and oxygen atoms in total. The van der Waals surface area contributed by atoms with E-state index in [0.29, 0.717) is 53.8 Å². The summed E-state index contributed by atoms with van der Waals surface area (Å²) in [5.74, 6) is 0.935. The molecule has 0 saturated heterocycles. The number of ether oxygens (including phenoxy) is 1. The fourth-order valence-electron chi connectivity index (χ4n) is 5.09. The Labute approximate surface area is 213 Å². The van der Waals surface area contributed by atoms with Gasteiger partial charge in [0.2, 0.25) is 5.91 Å². The summed E-state index contributed by atoms with van der Waals surface area (Å²) >= 11 is 0. The third kappa shape index (κ3) is 5.00. The summed E-state index contributed by atoms with van der Waals surface area (Å²) in [4.78, 5) is 48.7. The number of anilines is 1. The number of amides is 2. The molecule has 2 amide bonds. The summed E-state index contributed by atoms with van der Waals surface area (Å²) < 4.78 is 7.09. The Hall–Kier alpha value is -4.34. The van der Waals surface area contributed by atoms with Crippen LogP contribution in [0.15, 0.2) is 53.6 Å². The molecule has 10 heteroatoms. The zero-order valence-corrected chi connectivity index (χ0v) is 20.8. The predicted molar refractivity (Wildman–Crippen MR) is 140 cm³/mol. The molecule has 1 aliphatic rings. The van der Waals surface area contributed by atoms with Crippen LogP contribution in [0.2, 0.25) is 0 Å². The number of carbonyl (C=O) groups excluding carboxylic acids is 2. The number of rotatable bonds is 7. The van der Waals surface area contributed by atoms with E-state index in [1.54, 1.807) is 36.2 Å². The van der Waals surface area contributed by atoms with E-state index < -0.39 is 0 Å². The predicted octanol–water partition coefficient (Wildman–Crippen LogP) is 3.67. The lowest BCUT2D eigenvalue weighted by molar-refractivity contribution is -0.121. The van der Waals surface area contributed by atoms with Crippen molar-refractivity contribution in [1.82, 2.24) is 24.8 Å². The smallest absolute Gasteiger partial charge is 0.326 e. The highest BCUT2D eigenvalue weighted by Crippen LogP contribution is 2.34. The van der Waals surface area contributed by atoms with Gasteiger partial charge >= 0.3 is 5.69 Å². The number of fused-ring (bicyclic) bond motifs is 1. The number of methoxy groups -OCH3 is 1. The fraction of sp³-hybridized carbons (Fsp3) is 0.333. The van der Waals surface area contributed by atoms with Gasteiger partial charge in [0.1, 0.15) is 11.6 Å². The van der Waals surface area contributed by atoms with Gasteiger partial charge in [0.05, 0.1) is 30.3 Å². The normalized spacial score (nSPS) is 17.5. The molecule has 1 aliphatic carbocycles. The van der Waals surface area contributed by atoms with E-state index in [-0.39, 0.29) is 36.0 Å². The molecular weight excluding hydrogens is 472 g/mol. The quantitative estimate of drug-likeness (QED) is 0.306. The SMILES string of the molecule is COc1cc(NC(=O)[C@H]2CC[C@@H](n3c(=O)[nH]c4c(C(=O)NCc5ncc[nH]5)cccc43)CC2)ccc1C. The molecule has 4 aromatic rings. The van der Waals surface area contributed by atoms with Gasteiger partial charge in [-0.25, -0.2) is 9.78 Å². The van der Waals surface area contributed by atoms with Crippen LogP contribution in [0.3, 0.4) is 0 Å². The minimum atomic E-state index is -0.288. The second-order valence-corrected chi connectivity index (χ2v) is 9.40. The highest BCUT2D eigenvalue weighted by molar-refractivity contribution is 6.04. The maximum Gasteiger partial charge on any atom is 0.326 e. The number of aryl methyl sites for hydroxylation is 1. The molecule has 0 unspecified atom stereocenters. The summed E-state index contributed by atoms with van der Waals surface area (Å²) in [5.41, 5.74) is 3.07. The second-order valence-electron chi connectivity index (χ2n) is 9.40. The summed E-state index contributed by atoms with van der Waals surface area (Å²) in [6.07, 6.45) is 6.04. The molecule has 0 spiro atoms. The highest BCUT2D eigenvalue weighted by atomic mass is 16.5. The van der Waals surface area contributed by atoms with Crippen molar-refractivity contribution in [3.8, 4) is 5.75 Å². The number of aromatic nitrogens is 4. The van der Waals surface area contributed by atoms with Gasteiger partial charge in [0.15, 0.2) is 0 Å². The van der Waals surface area contributed by atoms with Gasteiger partial charge < -0.3 is 25.3 Å². The molecule has 2 aromatic carbocycles. The van der Waals surface area contributed by atoms with Crippen LogP contribution in [0.25, 0.3) is 11.0 Å². The van der Waals surface area contributed by atoms with Crippen molar-refractivity contribution >= 4 is 28.5 Å². The highest BCUT2D eigenvalue weighted by Gasteiger charge is 2.29. The van der Waals surface area contributed by atoms with E-state index in [0.717, 1.165) is 11.3 Å². The molecular formula is C27H30N6O4. The zero-order chi connectivity index (χ0) is 25.9. The third-order valence-corrected chi connectivity index (χ3v) is 7.08. The zero-order valence-electron chi connectivity index (χ0n) is 20.8. The first-order valence-corrected chi connectivity index (χ1v) is 12.4. The molecule has 0 radical (unpaired) electrons. The number of H-pyrrole nitrogens is 2. The molecule has 37 heavy (non-hydrogen) atoms. The number of nitrogens with zero attached hydrogens (tertiary/aromatic N) is 2. The van der Waals surface area contributed by atoms with E-state index in [2.05, 4.69) is 25.6 Å². The van der Waals surface area contributed by atoms with Gasteiger partial charge in [-0.1, -0.05) is 12.1 Å². The molecule has 5 rings (SSSR count). The second kappa shape index (κ2) is 10.3. The molecule has 0 bridgehead atoms. The average molecular weight is 503 g/mol. The maximum absolute atomic E-state index is 13.0. The van der Waals surface area contributed by atoms with Crippen LogP contribution in [0, 0.1) is 12.8 Å². The van der Waals surface area contributed by atoms with E-state index in [9.17, 15) is 14.4 Å². The van der Waals surface area contributed by atoms with Crippen LogP contribution in [0.4, 0.5) is 5.69 Å². The maximum atomic E-state index is 13.0. The molecule has 1 fully saturated rings. The number of imidazole rings is 2. The lowest BCUT2D eigenvalue weighted by Crippen LogP contribution is -2.31. The summed E-state index contributed by atoms with van der Waals surface area (Å²) in [6.45, 7) is 2.21. The average Bonchev–Trinajstić information content (AvgIpc) is 3.55. The van der Waals surface area contributed by atoms with Crippen molar-refractivity contribution in [1.29, 1.82) is 0 Å². The first-order valence-electron chi connectivity index (χ1n) is 12.4. The summed E-state index contributed by atoms with van der Waals surface area (Å²) in [5, 5.41) is 5.84. The molecule has 0 aliphatic heterocycles. The fourth-order valence-corrected chi connectivity index (χ4v) is 5.09. The molecule has 2 aromatic heterocycles. The first kappa shape index (κ1) is 24.4. The first-order chi connectivity index (χ1) is 17.9. The summed E-state index contributed by atoms with van der Waals surface area (Å²) in [7, 11) is 1.61. The van der Waals surface area contributed by atoms with Crippen LogP contribution in [-0.2, 0) is 11.3 Å². The number of para-hydroxylation sites is 1. The third-order valence-electron chi connectivity index (χ3n) is 7.08. The van der Waals surface area contributed by atoms with Gasteiger partial charge in [-0.3, -0.25) is 14.2 Å². The van der Waals surface area contributed by atoms with Crippen molar-refractivity contribution in [3.05, 3.63) is 76.2 Å². The van der Waals surface area contributed by atoms with Crippen molar-refractivity contribution in [2.24, 2.45) is 5.92 Å². The number of nitrogens with one attached hydrogen (secondary N) is 4. The van der Waals surface area contributed by atoms with E-state index in [1.807, 2.05) is 31.2 Å².